The minimum atomic E-state index is -0.226. The monoisotopic (exact) mass is 378 g/mol. The van der Waals surface area contributed by atoms with E-state index in [0.29, 0.717) is 30.2 Å². The Morgan fingerprint density at radius 1 is 0.964 bits per heavy atom. The van der Waals surface area contributed by atoms with E-state index in [4.69, 9.17) is 9.15 Å². The molecule has 1 aromatic heterocycles. The number of nitrogens with one attached hydrogen (secondary N) is 2. The molecule has 0 atom stereocenters. The van der Waals surface area contributed by atoms with Crippen molar-refractivity contribution in [3.8, 4) is 5.75 Å². The first-order chi connectivity index (χ1) is 13.6. The molecule has 6 nitrogen and oxygen atoms in total. The van der Waals surface area contributed by atoms with E-state index in [1.807, 2.05) is 37.3 Å². The Labute approximate surface area is 163 Å². The first kappa shape index (κ1) is 19.2. The summed E-state index contributed by atoms with van der Waals surface area (Å²) < 4.78 is 10.7. The van der Waals surface area contributed by atoms with Crippen LogP contribution >= 0.6 is 0 Å². The Hall–Kier alpha value is -3.54. The summed E-state index contributed by atoms with van der Waals surface area (Å²) in [6, 6.07) is 18.2. The molecule has 28 heavy (non-hydrogen) atoms. The molecule has 0 saturated heterocycles. The average molecular weight is 378 g/mol. The van der Waals surface area contributed by atoms with E-state index in [-0.39, 0.29) is 18.4 Å². The minimum Gasteiger partial charge on any atom is -0.484 e. The SMILES string of the molecule is Cc1ccccc1OCC(=O)NCc1cccc(C(=O)NCc2ccco2)c1. The van der Waals surface area contributed by atoms with Gasteiger partial charge in [0.2, 0.25) is 0 Å². The fraction of sp³-hybridized carbons (Fsp3) is 0.182. The van der Waals surface area contributed by atoms with Gasteiger partial charge in [0.15, 0.2) is 6.61 Å². The van der Waals surface area contributed by atoms with Gasteiger partial charge in [-0.05, 0) is 48.4 Å². The minimum absolute atomic E-state index is 0.0613. The third-order valence-electron chi connectivity index (χ3n) is 4.13. The van der Waals surface area contributed by atoms with Crippen molar-refractivity contribution in [2.45, 2.75) is 20.0 Å². The maximum absolute atomic E-state index is 12.3. The van der Waals surface area contributed by atoms with Gasteiger partial charge in [-0.25, -0.2) is 0 Å². The van der Waals surface area contributed by atoms with Crippen molar-refractivity contribution in [1.82, 2.24) is 10.6 Å². The summed E-state index contributed by atoms with van der Waals surface area (Å²) in [5, 5.41) is 5.60. The van der Waals surface area contributed by atoms with Crippen molar-refractivity contribution >= 4 is 11.8 Å². The van der Waals surface area contributed by atoms with Crippen LogP contribution in [0.25, 0.3) is 0 Å². The zero-order chi connectivity index (χ0) is 19.8. The molecule has 0 radical (unpaired) electrons. The lowest BCUT2D eigenvalue weighted by Crippen LogP contribution is -2.28. The molecule has 0 unspecified atom stereocenters. The fourth-order valence-corrected chi connectivity index (χ4v) is 2.62. The van der Waals surface area contributed by atoms with Crippen LogP contribution in [0, 0.1) is 6.92 Å². The normalized spacial score (nSPS) is 10.3. The summed E-state index contributed by atoms with van der Waals surface area (Å²) in [4.78, 5) is 24.3. The van der Waals surface area contributed by atoms with Crippen LogP contribution < -0.4 is 15.4 Å². The van der Waals surface area contributed by atoms with Crippen LogP contribution in [0.1, 0.15) is 27.2 Å². The lowest BCUT2D eigenvalue weighted by atomic mass is 10.1. The van der Waals surface area contributed by atoms with Crippen LogP contribution in [0.15, 0.2) is 71.3 Å². The van der Waals surface area contributed by atoms with Crippen molar-refractivity contribution in [1.29, 1.82) is 0 Å². The van der Waals surface area contributed by atoms with Crippen molar-refractivity contribution in [2.75, 3.05) is 6.61 Å². The summed E-state index contributed by atoms with van der Waals surface area (Å²) in [5.74, 6) is 0.946. The topological polar surface area (TPSA) is 80.6 Å². The standard InChI is InChI=1S/C22H22N2O4/c1-16-6-2-3-10-20(16)28-15-21(25)23-13-17-7-4-8-18(12-17)22(26)24-14-19-9-5-11-27-19/h2-12H,13-15H2,1H3,(H,23,25)(H,24,26). The summed E-state index contributed by atoms with van der Waals surface area (Å²) in [5.41, 5.74) is 2.33. The maximum atomic E-state index is 12.3. The summed E-state index contributed by atoms with van der Waals surface area (Å²) in [7, 11) is 0. The van der Waals surface area contributed by atoms with E-state index in [1.165, 1.54) is 0 Å². The molecule has 1 heterocycles. The molecular formula is C22H22N2O4. The molecule has 0 aliphatic carbocycles. The van der Waals surface area contributed by atoms with Gasteiger partial charge in [-0.2, -0.15) is 0 Å². The number of carbonyl (C=O) groups excluding carboxylic acids is 2. The van der Waals surface area contributed by atoms with E-state index in [0.717, 1.165) is 11.1 Å². The Morgan fingerprint density at radius 3 is 2.61 bits per heavy atom. The average Bonchev–Trinajstić information content (AvgIpc) is 3.24. The number of hydrogen-bond acceptors (Lipinski definition) is 4. The molecular weight excluding hydrogens is 356 g/mol. The number of hydrogen-bond donors (Lipinski definition) is 2. The van der Waals surface area contributed by atoms with Crippen LogP contribution in [0.4, 0.5) is 0 Å². The number of ether oxygens (including phenoxy) is 1. The van der Waals surface area contributed by atoms with Gasteiger partial charge >= 0.3 is 0 Å². The summed E-state index contributed by atoms with van der Waals surface area (Å²) in [6.07, 6.45) is 1.56. The molecule has 0 aliphatic heterocycles. The lowest BCUT2D eigenvalue weighted by molar-refractivity contribution is -0.123. The van der Waals surface area contributed by atoms with Crippen molar-refractivity contribution in [3.05, 3.63) is 89.4 Å². The highest BCUT2D eigenvalue weighted by Gasteiger charge is 2.08. The Morgan fingerprint density at radius 2 is 1.82 bits per heavy atom. The quantitative estimate of drug-likeness (QED) is 0.631. The van der Waals surface area contributed by atoms with Gasteiger partial charge in [0.1, 0.15) is 11.5 Å². The van der Waals surface area contributed by atoms with Gasteiger partial charge in [-0.3, -0.25) is 9.59 Å². The van der Waals surface area contributed by atoms with Crippen LogP contribution in [-0.4, -0.2) is 18.4 Å². The molecule has 6 heteroatoms. The first-order valence-corrected chi connectivity index (χ1v) is 8.96. The highest BCUT2D eigenvalue weighted by molar-refractivity contribution is 5.94. The van der Waals surface area contributed by atoms with Crippen LogP contribution in [0.2, 0.25) is 0 Å². The molecule has 0 fully saturated rings. The molecule has 2 N–H and O–H groups in total. The van der Waals surface area contributed by atoms with E-state index < -0.39 is 0 Å². The molecule has 2 aromatic carbocycles. The smallest absolute Gasteiger partial charge is 0.258 e. The third kappa shape index (κ3) is 5.48. The van der Waals surface area contributed by atoms with Gasteiger partial charge in [-0.1, -0.05) is 30.3 Å². The number of para-hydroxylation sites is 1. The molecule has 0 saturated carbocycles. The van der Waals surface area contributed by atoms with Crippen molar-refractivity contribution in [3.63, 3.8) is 0 Å². The van der Waals surface area contributed by atoms with E-state index in [2.05, 4.69) is 10.6 Å². The van der Waals surface area contributed by atoms with Crippen molar-refractivity contribution in [2.24, 2.45) is 0 Å². The van der Waals surface area contributed by atoms with E-state index in [9.17, 15) is 9.59 Å². The van der Waals surface area contributed by atoms with E-state index >= 15 is 0 Å². The fourth-order valence-electron chi connectivity index (χ4n) is 2.62. The van der Waals surface area contributed by atoms with Gasteiger partial charge in [0.05, 0.1) is 12.8 Å². The van der Waals surface area contributed by atoms with Crippen LogP contribution in [0.3, 0.4) is 0 Å². The van der Waals surface area contributed by atoms with Gasteiger partial charge in [0.25, 0.3) is 11.8 Å². The number of benzene rings is 2. The Bertz CT molecular complexity index is 935. The number of furan rings is 1. The van der Waals surface area contributed by atoms with Crippen LogP contribution in [-0.2, 0) is 17.9 Å². The van der Waals surface area contributed by atoms with Gasteiger partial charge in [0, 0.05) is 12.1 Å². The molecule has 0 aliphatic rings. The van der Waals surface area contributed by atoms with Crippen molar-refractivity contribution < 1.29 is 18.7 Å². The molecule has 144 valence electrons. The molecule has 3 rings (SSSR count). The highest BCUT2D eigenvalue weighted by Crippen LogP contribution is 2.15. The predicted molar refractivity (Wildman–Crippen MR) is 105 cm³/mol. The predicted octanol–water partition coefficient (Wildman–Crippen LogP) is 3.21. The first-order valence-electron chi connectivity index (χ1n) is 8.96. The summed E-state index contributed by atoms with van der Waals surface area (Å²) in [6.45, 7) is 2.50. The third-order valence-corrected chi connectivity index (χ3v) is 4.13. The second-order valence-electron chi connectivity index (χ2n) is 6.29. The number of carbonyl (C=O) groups is 2. The zero-order valence-corrected chi connectivity index (χ0v) is 15.6. The molecule has 0 spiro atoms. The lowest BCUT2D eigenvalue weighted by Gasteiger charge is -2.10. The number of amides is 2. The maximum Gasteiger partial charge on any atom is 0.258 e. The molecule has 3 aromatic rings. The second kappa shape index (κ2) is 9.41. The van der Waals surface area contributed by atoms with E-state index in [1.54, 1.807) is 36.6 Å². The Kier molecular flexibility index (Phi) is 6.46. The highest BCUT2D eigenvalue weighted by atomic mass is 16.5. The Balaban J connectivity index is 1.48. The zero-order valence-electron chi connectivity index (χ0n) is 15.6. The summed E-state index contributed by atoms with van der Waals surface area (Å²) >= 11 is 0. The van der Waals surface area contributed by atoms with Gasteiger partial charge in [-0.15, -0.1) is 0 Å². The molecule has 2 amide bonds. The number of aryl methyl sites for hydroxylation is 1. The van der Waals surface area contributed by atoms with Crippen LogP contribution in [0.5, 0.6) is 5.75 Å². The number of rotatable bonds is 8. The second-order valence-corrected chi connectivity index (χ2v) is 6.29. The molecule has 0 bridgehead atoms. The van der Waals surface area contributed by atoms with Gasteiger partial charge < -0.3 is 19.8 Å². The largest absolute Gasteiger partial charge is 0.484 e.